The Morgan fingerprint density at radius 1 is 1.31 bits per heavy atom. The second kappa shape index (κ2) is 6.28. The fraction of sp³-hybridized carbons (Fsp3) is 0.462. The van der Waals surface area contributed by atoms with Crippen LogP contribution in [0.4, 0.5) is 5.69 Å². The first kappa shape index (κ1) is 12.7. The van der Waals surface area contributed by atoms with Crippen molar-refractivity contribution in [3.8, 4) is 0 Å². The monoisotopic (exact) mass is 220 g/mol. The zero-order valence-corrected chi connectivity index (χ0v) is 10.3. The van der Waals surface area contributed by atoms with Gasteiger partial charge in [-0.15, -0.1) is 0 Å². The molecule has 0 spiro atoms. The number of nitrogens with one attached hydrogen (secondary N) is 1. The molecule has 1 aromatic rings. The molecule has 0 saturated heterocycles. The highest BCUT2D eigenvalue weighted by Crippen LogP contribution is 2.14. The predicted molar refractivity (Wildman–Crippen MR) is 67.7 cm³/mol. The van der Waals surface area contributed by atoms with Gasteiger partial charge >= 0.3 is 0 Å². The summed E-state index contributed by atoms with van der Waals surface area (Å²) in [5.41, 5.74) is 2.17. The van der Waals surface area contributed by atoms with Crippen molar-refractivity contribution in [2.45, 2.75) is 19.8 Å². The van der Waals surface area contributed by atoms with Gasteiger partial charge in [0.05, 0.1) is 0 Å². The molecule has 0 aromatic heterocycles. The summed E-state index contributed by atoms with van der Waals surface area (Å²) in [6.45, 7) is 2.92. The number of anilines is 1. The van der Waals surface area contributed by atoms with E-state index in [1.807, 2.05) is 45.3 Å². The number of amides is 1. The summed E-state index contributed by atoms with van der Waals surface area (Å²) in [6, 6.07) is 8.00. The Bertz CT molecular complexity index is 332. The van der Waals surface area contributed by atoms with Crippen molar-refractivity contribution >= 4 is 11.6 Å². The molecule has 1 rings (SSSR count). The van der Waals surface area contributed by atoms with Gasteiger partial charge in [0, 0.05) is 19.2 Å². The van der Waals surface area contributed by atoms with E-state index >= 15 is 0 Å². The van der Waals surface area contributed by atoms with E-state index in [0.717, 1.165) is 18.7 Å². The van der Waals surface area contributed by atoms with Crippen molar-refractivity contribution < 1.29 is 4.79 Å². The lowest BCUT2D eigenvalue weighted by atomic mass is 10.2. The summed E-state index contributed by atoms with van der Waals surface area (Å²) in [6.07, 6.45) is 1.47. The van der Waals surface area contributed by atoms with Gasteiger partial charge in [-0.25, -0.2) is 0 Å². The molecule has 0 heterocycles. The van der Waals surface area contributed by atoms with Crippen LogP contribution in [-0.2, 0) is 4.79 Å². The molecule has 0 bridgehead atoms. The molecule has 0 aliphatic rings. The van der Waals surface area contributed by atoms with Gasteiger partial charge in [-0.05, 0) is 39.1 Å². The van der Waals surface area contributed by atoms with Crippen LogP contribution >= 0.6 is 0 Å². The maximum atomic E-state index is 11.8. The summed E-state index contributed by atoms with van der Waals surface area (Å²) in [7, 11) is 3.72. The average Bonchev–Trinajstić information content (AvgIpc) is 2.29. The molecule has 0 radical (unpaired) electrons. The molecule has 0 aliphatic carbocycles. The number of carbonyl (C=O) groups is 1. The third-order valence-corrected chi connectivity index (χ3v) is 2.61. The minimum atomic E-state index is 0.166. The Kier molecular flexibility index (Phi) is 4.99. The van der Waals surface area contributed by atoms with Gasteiger partial charge < -0.3 is 10.2 Å². The quantitative estimate of drug-likeness (QED) is 0.769. The SMILES string of the molecule is CNCCCC(=O)N(C)c1ccc(C)cc1. The molecule has 0 saturated carbocycles. The van der Waals surface area contributed by atoms with Crippen molar-refractivity contribution in [2.24, 2.45) is 0 Å². The van der Waals surface area contributed by atoms with E-state index in [4.69, 9.17) is 0 Å². The van der Waals surface area contributed by atoms with E-state index in [1.165, 1.54) is 5.56 Å². The van der Waals surface area contributed by atoms with Crippen molar-refractivity contribution in [3.05, 3.63) is 29.8 Å². The molecular formula is C13H20N2O. The van der Waals surface area contributed by atoms with Crippen molar-refractivity contribution in [2.75, 3.05) is 25.5 Å². The van der Waals surface area contributed by atoms with Gasteiger partial charge in [0.25, 0.3) is 0 Å². The minimum absolute atomic E-state index is 0.166. The van der Waals surface area contributed by atoms with E-state index in [9.17, 15) is 4.79 Å². The topological polar surface area (TPSA) is 32.3 Å². The van der Waals surface area contributed by atoms with E-state index < -0.39 is 0 Å². The summed E-state index contributed by atoms with van der Waals surface area (Å²) in [5.74, 6) is 0.166. The summed E-state index contributed by atoms with van der Waals surface area (Å²) >= 11 is 0. The van der Waals surface area contributed by atoms with Gasteiger partial charge in [0.2, 0.25) is 5.91 Å². The lowest BCUT2D eigenvalue weighted by Gasteiger charge is -2.17. The first-order chi connectivity index (χ1) is 7.65. The first-order valence-electron chi connectivity index (χ1n) is 5.63. The van der Waals surface area contributed by atoms with Crippen LogP contribution in [0.5, 0.6) is 0 Å². The molecule has 1 N–H and O–H groups in total. The third-order valence-electron chi connectivity index (χ3n) is 2.61. The Labute approximate surface area is 97.5 Å². The lowest BCUT2D eigenvalue weighted by Crippen LogP contribution is -2.26. The molecule has 0 fully saturated rings. The van der Waals surface area contributed by atoms with Gasteiger partial charge in [-0.2, -0.15) is 0 Å². The number of benzene rings is 1. The highest BCUT2D eigenvalue weighted by atomic mass is 16.2. The highest BCUT2D eigenvalue weighted by molar-refractivity contribution is 5.92. The van der Waals surface area contributed by atoms with Crippen LogP contribution in [0.25, 0.3) is 0 Å². The number of hydrogen-bond acceptors (Lipinski definition) is 2. The van der Waals surface area contributed by atoms with Gasteiger partial charge in [-0.1, -0.05) is 17.7 Å². The van der Waals surface area contributed by atoms with Crippen LogP contribution in [-0.4, -0.2) is 26.5 Å². The zero-order chi connectivity index (χ0) is 12.0. The van der Waals surface area contributed by atoms with Crippen molar-refractivity contribution in [1.29, 1.82) is 0 Å². The smallest absolute Gasteiger partial charge is 0.226 e. The number of aryl methyl sites for hydroxylation is 1. The maximum Gasteiger partial charge on any atom is 0.226 e. The third kappa shape index (κ3) is 3.66. The number of hydrogen-bond donors (Lipinski definition) is 1. The van der Waals surface area contributed by atoms with Gasteiger partial charge in [0.1, 0.15) is 0 Å². The molecule has 88 valence electrons. The average molecular weight is 220 g/mol. The normalized spacial score (nSPS) is 10.2. The summed E-state index contributed by atoms with van der Waals surface area (Å²) in [4.78, 5) is 13.5. The van der Waals surface area contributed by atoms with E-state index in [2.05, 4.69) is 5.32 Å². The molecule has 3 heteroatoms. The van der Waals surface area contributed by atoms with E-state index in [0.29, 0.717) is 6.42 Å². The van der Waals surface area contributed by atoms with Gasteiger partial charge in [0.15, 0.2) is 0 Å². The zero-order valence-electron chi connectivity index (χ0n) is 10.3. The van der Waals surface area contributed by atoms with Crippen LogP contribution in [0.1, 0.15) is 18.4 Å². The van der Waals surface area contributed by atoms with Crippen LogP contribution in [0.15, 0.2) is 24.3 Å². The van der Waals surface area contributed by atoms with Crippen molar-refractivity contribution in [3.63, 3.8) is 0 Å². The Hall–Kier alpha value is -1.35. The maximum absolute atomic E-state index is 11.8. The Morgan fingerprint density at radius 3 is 2.50 bits per heavy atom. The van der Waals surface area contributed by atoms with E-state index in [1.54, 1.807) is 4.90 Å². The fourth-order valence-electron chi connectivity index (χ4n) is 1.50. The van der Waals surface area contributed by atoms with Gasteiger partial charge in [-0.3, -0.25) is 4.79 Å². The Morgan fingerprint density at radius 2 is 1.94 bits per heavy atom. The predicted octanol–water partition coefficient (Wildman–Crippen LogP) is 1.96. The van der Waals surface area contributed by atoms with E-state index in [-0.39, 0.29) is 5.91 Å². The van der Waals surface area contributed by atoms with Crippen LogP contribution in [0, 0.1) is 6.92 Å². The molecule has 1 amide bonds. The lowest BCUT2D eigenvalue weighted by molar-refractivity contribution is -0.118. The Balaban J connectivity index is 2.53. The molecule has 3 nitrogen and oxygen atoms in total. The molecule has 0 atom stereocenters. The largest absolute Gasteiger partial charge is 0.320 e. The van der Waals surface area contributed by atoms with Crippen LogP contribution < -0.4 is 10.2 Å². The summed E-state index contributed by atoms with van der Waals surface area (Å²) in [5, 5.41) is 3.04. The van der Waals surface area contributed by atoms with Crippen LogP contribution in [0.2, 0.25) is 0 Å². The fourth-order valence-corrected chi connectivity index (χ4v) is 1.50. The molecule has 16 heavy (non-hydrogen) atoms. The standard InChI is InChI=1S/C13H20N2O/c1-11-6-8-12(9-7-11)15(3)13(16)5-4-10-14-2/h6-9,14H,4-5,10H2,1-3H3. The number of rotatable bonds is 5. The number of nitrogens with zero attached hydrogens (tertiary/aromatic N) is 1. The first-order valence-corrected chi connectivity index (χ1v) is 5.63. The molecule has 0 aliphatic heterocycles. The molecule has 1 aromatic carbocycles. The molecular weight excluding hydrogens is 200 g/mol. The van der Waals surface area contributed by atoms with Crippen molar-refractivity contribution in [1.82, 2.24) is 5.32 Å². The molecule has 0 unspecified atom stereocenters. The summed E-state index contributed by atoms with van der Waals surface area (Å²) < 4.78 is 0. The number of carbonyl (C=O) groups excluding carboxylic acids is 1. The second-order valence-electron chi connectivity index (χ2n) is 4.00. The van der Waals surface area contributed by atoms with Crippen LogP contribution in [0.3, 0.4) is 0 Å². The second-order valence-corrected chi connectivity index (χ2v) is 4.00. The minimum Gasteiger partial charge on any atom is -0.320 e. The highest BCUT2D eigenvalue weighted by Gasteiger charge is 2.09.